The van der Waals surface area contributed by atoms with Gasteiger partial charge in [0.15, 0.2) is 6.61 Å². The molecule has 1 N–H and O–H groups in total. The van der Waals surface area contributed by atoms with Crippen LogP contribution in [0.5, 0.6) is 5.75 Å². The Hall–Kier alpha value is -2.52. The van der Waals surface area contributed by atoms with E-state index in [-0.39, 0.29) is 24.5 Å². The highest BCUT2D eigenvalue weighted by molar-refractivity contribution is 7.13. The Morgan fingerprint density at radius 2 is 1.96 bits per heavy atom. The van der Waals surface area contributed by atoms with E-state index in [4.69, 9.17) is 4.74 Å². The number of ether oxygens (including phenoxy) is 1. The lowest BCUT2D eigenvalue weighted by molar-refractivity contribution is -0.135. The Kier molecular flexibility index (Phi) is 6.13. The van der Waals surface area contributed by atoms with E-state index in [2.05, 4.69) is 20.4 Å². The molecule has 0 unspecified atom stereocenters. The maximum Gasteiger partial charge on any atom is 0.260 e. The van der Waals surface area contributed by atoms with Crippen LogP contribution in [0.25, 0.3) is 0 Å². The van der Waals surface area contributed by atoms with E-state index in [1.165, 1.54) is 11.3 Å². The van der Waals surface area contributed by atoms with Gasteiger partial charge < -0.3 is 9.64 Å². The van der Waals surface area contributed by atoms with Gasteiger partial charge in [0.1, 0.15) is 11.3 Å². The highest BCUT2D eigenvalue weighted by atomic mass is 32.1. The van der Waals surface area contributed by atoms with Crippen LogP contribution in [-0.2, 0) is 9.59 Å². The molecule has 0 radical (unpaired) electrons. The van der Waals surface area contributed by atoms with Crippen molar-refractivity contribution in [2.45, 2.75) is 13.0 Å². The SMILES string of the molecule is C[C@H](C(=O)Nc1nncs1)N1CCN(C(=O)COc2ccccc2)CC1. The van der Waals surface area contributed by atoms with Crippen molar-refractivity contribution in [2.24, 2.45) is 0 Å². The molecule has 9 heteroatoms. The maximum atomic E-state index is 12.3. The number of amides is 2. The van der Waals surface area contributed by atoms with Crippen LogP contribution < -0.4 is 10.1 Å². The van der Waals surface area contributed by atoms with Crippen molar-refractivity contribution in [3.8, 4) is 5.75 Å². The second-order valence-corrected chi connectivity index (χ2v) is 6.76. The second kappa shape index (κ2) is 8.72. The monoisotopic (exact) mass is 375 g/mol. The van der Waals surface area contributed by atoms with Gasteiger partial charge in [0.25, 0.3) is 5.91 Å². The van der Waals surface area contributed by atoms with E-state index in [0.29, 0.717) is 37.1 Å². The fourth-order valence-corrected chi connectivity index (χ4v) is 3.16. The number of para-hydroxylation sites is 1. The van der Waals surface area contributed by atoms with Gasteiger partial charge in [-0.15, -0.1) is 10.2 Å². The zero-order chi connectivity index (χ0) is 18.4. The van der Waals surface area contributed by atoms with Crippen LogP contribution >= 0.6 is 11.3 Å². The number of nitrogens with zero attached hydrogens (tertiary/aromatic N) is 4. The molecule has 0 bridgehead atoms. The van der Waals surface area contributed by atoms with E-state index in [1.54, 1.807) is 10.4 Å². The number of carbonyl (C=O) groups is 2. The van der Waals surface area contributed by atoms with Gasteiger partial charge >= 0.3 is 0 Å². The quantitative estimate of drug-likeness (QED) is 0.813. The number of anilines is 1. The predicted molar refractivity (Wildman–Crippen MR) is 98.1 cm³/mol. The van der Waals surface area contributed by atoms with Crippen LogP contribution in [0.4, 0.5) is 5.13 Å². The van der Waals surface area contributed by atoms with Gasteiger partial charge in [0.2, 0.25) is 11.0 Å². The molecule has 1 fully saturated rings. The first-order valence-corrected chi connectivity index (χ1v) is 9.28. The second-order valence-electron chi connectivity index (χ2n) is 5.93. The van der Waals surface area contributed by atoms with Crippen LogP contribution in [0.15, 0.2) is 35.8 Å². The normalized spacial score (nSPS) is 16.1. The van der Waals surface area contributed by atoms with Crippen LogP contribution in [0.2, 0.25) is 0 Å². The predicted octanol–water partition coefficient (Wildman–Crippen LogP) is 1.09. The lowest BCUT2D eigenvalue weighted by atomic mass is 10.2. The van der Waals surface area contributed by atoms with Crippen LogP contribution in [0, 0.1) is 0 Å². The van der Waals surface area contributed by atoms with Gasteiger partial charge in [0, 0.05) is 26.2 Å². The van der Waals surface area contributed by atoms with E-state index in [9.17, 15) is 9.59 Å². The third-order valence-corrected chi connectivity index (χ3v) is 4.90. The van der Waals surface area contributed by atoms with Crippen molar-refractivity contribution < 1.29 is 14.3 Å². The zero-order valence-electron chi connectivity index (χ0n) is 14.5. The van der Waals surface area contributed by atoms with E-state index in [1.807, 2.05) is 37.3 Å². The summed E-state index contributed by atoms with van der Waals surface area (Å²) in [5.74, 6) is 0.523. The van der Waals surface area contributed by atoms with E-state index < -0.39 is 0 Å². The summed E-state index contributed by atoms with van der Waals surface area (Å²) >= 11 is 1.28. The summed E-state index contributed by atoms with van der Waals surface area (Å²) in [6.45, 7) is 4.31. The molecule has 0 spiro atoms. The average Bonchev–Trinajstić information content (AvgIpc) is 3.19. The molecule has 0 saturated carbocycles. The standard InChI is InChI=1S/C17H21N5O3S/c1-13(16(24)19-17-20-18-12-26-17)21-7-9-22(10-8-21)15(23)11-25-14-5-3-2-4-6-14/h2-6,12-13H,7-11H2,1H3,(H,19,20,24)/t13-/m1/s1. The van der Waals surface area contributed by atoms with E-state index >= 15 is 0 Å². The fraction of sp³-hybridized carbons (Fsp3) is 0.412. The highest BCUT2D eigenvalue weighted by Crippen LogP contribution is 2.13. The molecule has 1 atom stereocenters. The Bertz CT molecular complexity index is 717. The summed E-state index contributed by atoms with van der Waals surface area (Å²) < 4.78 is 5.51. The molecular formula is C17H21N5O3S. The molecule has 0 aliphatic carbocycles. The lowest BCUT2D eigenvalue weighted by Gasteiger charge is -2.37. The van der Waals surface area contributed by atoms with Gasteiger partial charge in [-0.3, -0.25) is 19.8 Å². The zero-order valence-corrected chi connectivity index (χ0v) is 15.3. The molecule has 1 aliphatic heterocycles. The minimum Gasteiger partial charge on any atom is -0.484 e. The van der Waals surface area contributed by atoms with Gasteiger partial charge in [0.05, 0.1) is 6.04 Å². The van der Waals surface area contributed by atoms with Gasteiger partial charge in [-0.1, -0.05) is 29.5 Å². The minimum absolute atomic E-state index is 0.0249. The van der Waals surface area contributed by atoms with Crippen molar-refractivity contribution >= 4 is 28.3 Å². The lowest BCUT2D eigenvalue weighted by Crippen LogP contribution is -2.54. The summed E-state index contributed by atoms with van der Waals surface area (Å²) in [5, 5.41) is 10.8. The average molecular weight is 375 g/mol. The van der Waals surface area contributed by atoms with Crippen molar-refractivity contribution in [1.82, 2.24) is 20.0 Å². The van der Waals surface area contributed by atoms with Crippen molar-refractivity contribution in [1.29, 1.82) is 0 Å². The molecule has 1 saturated heterocycles. The highest BCUT2D eigenvalue weighted by Gasteiger charge is 2.28. The van der Waals surface area contributed by atoms with Crippen LogP contribution in [0.1, 0.15) is 6.92 Å². The molecular weight excluding hydrogens is 354 g/mol. The summed E-state index contributed by atoms with van der Waals surface area (Å²) in [6, 6.07) is 8.99. The van der Waals surface area contributed by atoms with Crippen LogP contribution in [0.3, 0.4) is 0 Å². The fourth-order valence-electron chi connectivity index (χ4n) is 2.71. The minimum atomic E-state index is -0.295. The van der Waals surface area contributed by atoms with E-state index in [0.717, 1.165) is 0 Å². The molecule has 2 aromatic rings. The molecule has 1 aromatic carbocycles. The molecule has 138 valence electrons. The summed E-state index contributed by atoms with van der Waals surface area (Å²) in [6.07, 6.45) is 0. The van der Waals surface area contributed by atoms with Crippen LogP contribution in [-0.4, -0.2) is 70.6 Å². The number of hydrogen-bond donors (Lipinski definition) is 1. The first-order valence-electron chi connectivity index (χ1n) is 8.40. The number of hydrogen-bond acceptors (Lipinski definition) is 7. The third kappa shape index (κ3) is 4.77. The van der Waals surface area contributed by atoms with Crippen molar-refractivity contribution in [2.75, 3.05) is 38.1 Å². The smallest absolute Gasteiger partial charge is 0.260 e. The number of rotatable bonds is 6. The Balaban J connectivity index is 1.43. The summed E-state index contributed by atoms with van der Waals surface area (Å²) in [4.78, 5) is 28.4. The molecule has 3 rings (SSSR count). The molecule has 2 amide bonds. The molecule has 1 aromatic heterocycles. The Morgan fingerprint density at radius 1 is 1.23 bits per heavy atom. The molecule has 1 aliphatic rings. The third-order valence-electron chi connectivity index (χ3n) is 4.29. The molecule has 2 heterocycles. The van der Waals surface area contributed by atoms with Gasteiger partial charge in [-0.05, 0) is 19.1 Å². The number of nitrogens with one attached hydrogen (secondary N) is 1. The number of benzene rings is 1. The first-order chi connectivity index (χ1) is 12.6. The molecule has 8 nitrogen and oxygen atoms in total. The van der Waals surface area contributed by atoms with Gasteiger partial charge in [-0.25, -0.2) is 0 Å². The number of aromatic nitrogens is 2. The number of piperazine rings is 1. The maximum absolute atomic E-state index is 12.3. The topological polar surface area (TPSA) is 87.7 Å². The Labute approximate surface area is 155 Å². The first kappa shape index (κ1) is 18.3. The summed E-state index contributed by atoms with van der Waals surface area (Å²) in [5.41, 5.74) is 1.57. The van der Waals surface area contributed by atoms with Gasteiger partial charge in [-0.2, -0.15) is 0 Å². The summed E-state index contributed by atoms with van der Waals surface area (Å²) in [7, 11) is 0. The Morgan fingerprint density at radius 3 is 2.62 bits per heavy atom. The largest absolute Gasteiger partial charge is 0.484 e. The van der Waals surface area contributed by atoms with Crippen molar-refractivity contribution in [3.05, 3.63) is 35.8 Å². The number of carbonyl (C=O) groups excluding carboxylic acids is 2. The van der Waals surface area contributed by atoms with Crippen molar-refractivity contribution in [3.63, 3.8) is 0 Å². The molecule has 26 heavy (non-hydrogen) atoms.